The van der Waals surface area contributed by atoms with Gasteiger partial charge in [0.15, 0.2) is 0 Å². The first kappa shape index (κ1) is 22.7. The van der Waals surface area contributed by atoms with Crippen LogP contribution in [-0.2, 0) is 21.4 Å². The summed E-state index contributed by atoms with van der Waals surface area (Å²) in [6.07, 6.45) is 4.45. The highest BCUT2D eigenvalue weighted by molar-refractivity contribution is 7.89. The molecule has 2 fully saturated rings. The Bertz CT molecular complexity index is 1070. The Morgan fingerprint density at radius 3 is 2.41 bits per heavy atom. The number of halogens is 1. The second-order valence-electron chi connectivity index (χ2n) is 8.55. The van der Waals surface area contributed by atoms with Crippen LogP contribution in [0.3, 0.4) is 0 Å². The number of nitrogens with zero attached hydrogens (tertiary/aromatic N) is 4. The van der Waals surface area contributed by atoms with Crippen LogP contribution in [0.2, 0.25) is 0 Å². The third kappa shape index (κ3) is 4.49. The van der Waals surface area contributed by atoms with E-state index in [1.165, 1.54) is 10.4 Å². The second-order valence-corrected chi connectivity index (χ2v) is 10.6. The Hall–Kier alpha value is -2.52. The van der Waals surface area contributed by atoms with Crippen LogP contribution in [0, 0.1) is 5.82 Å². The number of anilines is 1. The molecule has 32 heavy (non-hydrogen) atoms. The van der Waals surface area contributed by atoms with E-state index < -0.39 is 21.1 Å². The van der Waals surface area contributed by atoms with E-state index in [0.717, 1.165) is 11.3 Å². The third-order valence-corrected chi connectivity index (χ3v) is 8.93. The summed E-state index contributed by atoms with van der Waals surface area (Å²) < 4.78 is 43.2. The van der Waals surface area contributed by atoms with Gasteiger partial charge >= 0.3 is 0 Å². The number of hydrogen-bond donors (Lipinski definition) is 0. The van der Waals surface area contributed by atoms with Crippen molar-refractivity contribution in [3.05, 3.63) is 59.7 Å². The van der Waals surface area contributed by atoms with Gasteiger partial charge in [0.2, 0.25) is 15.9 Å². The van der Waals surface area contributed by atoms with E-state index >= 15 is 4.39 Å². The zero-order valence-corrected chi connectivity index (χ0v) is 19.3. The lowest BCUT2D eigenvalue weighted by atomic mass is 10.0. The monoisotopic (exact) mass is 460 g/mol. The van der Waals surface area contributed by atoms with Gasteiger partial charge in [-0.2, -0.15) is 4.31 Å². The zero-order chi connectivity index (χ0) is 22.9. The molecule has 9 heteroatoms. The van der Waals surface area contributed by atoms with Crippen LogP contribution in [0.4, 0.5) is 10.1 Å². The van der Waals surface area contributed by atoms with Crippen LogP contribution in [0.25, 0.3) is 0 Å². The first-order chi connectivity index (χ1) is 15.3. The molecule has 1 amide bonds. The third-order valence-electron chi connectivity index (χ3n) is 6.56. The summed E-state index contributed by atoms with van der Waals surface area (Å²) in [7, 11) is -3.64. The maximum absolute atomic E-state index is 15.0. The molecule has 2 aliphatic rings. The molecule has 2 aliphatic heterocycles. The molecule has 0 aliphatic carbocycles. The van der Waals surface area contributed by atoms with E-state index in [9.17, 15) is 13.2 Å². The highest BCUT2D eigenvalue weighted by Crippen LogP contribution is 2.38. The number of sulfonamides is 1. The van der Waals surface area contributed by atoms with Crippen molar-refractivity contribution in [2.45, 2.75) is 44.5 Å². The Morgan fingerprint density at radius 1 is 1.09 bits per heavy atom. The van der Waals surface area contributed by atoms with Crippen molar-refractivity contribution in [3.63, 3.8) is 0 Å². The lowest BCUT2D eigenvalue weighted by Gasteiger charge is -2.38. The zero-order valence-electron chi connectivity index (χ0n) is 18.4. The predicted octanol–water partition coefficient (Wildman–Crippen LogP) is 2.94. The standard InChI is InChI=1S/C23H29FN4O3S/c1-17-3-6-23(19-7-9-25-10-8-19)32(30,31)28(17)16-20-4-5-21(15-22(20)24)27-13-11-26(12-14-27)18(2)29/h4-5,7-10,15,17,23H,3,6,11-14,16H2,1-2H3. The Labute approximate surface area is 188 Å². The maximum atomic E-state index is 15.0. The van der Waals surface area contributed by atoms with Gasteiger partial charge in [-0.05, 0) is 49.6 Å². The van der Waals surface area contributed by atoms with Gasteiger partial charge < -0.3 is 9.80 Å². The van der Waals surface area contributed by atoms with Crippen molar-refractivity contribution in [3.8, 4) is 0 Å². The average molecular weight is 461 g/mol. The predicted molar refractivity (Wildman–Crippen MR) is 121 cm³/mol. The summed E-state index contributed by atoms with van der Waals surface area (Å²) in [5.41, 5.74) is 1.83. The van der Waals surface area contributed by atoms with Gasteiger partial charge in [0.1, 0.15) is 11.1 Å². The molecule has 7 nitrogen and oxygen atoms in total. The molecule has 2 atom stereocenters. The Kier molecular flexibility index (Phi) is 6.48. The van der Waals surface area contributed by atoms with Gasteiger partial charge in [0.25, 0.3) is 0 Å². The molecule has 2 saturated heterocycles. The first-order valence-corrected chi connectivity index (χ1v) is 12.5. The molecule has 2 unspecified atom stereocenters. The number of aromatic nitrogens is 1. The molecule has 1 aromatic carbocycles. The van der Waals surface area contributed by atoms with Gasteiger partial charge in [0, 0.05) is 69.3 Å². The number of pyridine rings is 1. The number of hydrogen-bond acceptors (Lipinski definition) is 5. The van der Waals surface area contributed by atoms with Gasteiger partial charge in [-0.1, -0.05) is 6.07 Å². The van der Waals surface area contributed by atoms with Crippen LogP contribution in [0.15, 0.2) is 42.7 Å². The Morgan fingerprint density at radius 2 is 1.78 bits per heavy atom. The number of carbonyl (C=O) groups is 1. The van der Waals surface area contributed by atoms with E-state index in [2.05, 4.69) is 4.98 Å². The quantitative estimate of drug-likeness (QED) is 0.702. The molecule has 0 N–H and O–H groups in total. The number of benzene rings is 1. The van der Waals surface area contributed by atoms with Crippen LogP contribution in [0.5, 0.6) is 0 Å². The van der Waals surface area contributed by atoms with E-state index in [1.54, 1.807) is 42.4 Å². The van der Waals surface area contributed by atoms with E-state index in [0.29, 0.717) is 44.6 Å². The summed E-state index contributed by atoms with van der Waals surface area (Å²) in [6.45, 7) is 5.94. The van der Waals surface area contributed by atoms with Gasteiger partial charge in [0.05, 0.1) is 0 Å². The average Bonchev–Trinajstić information content (AvgIpc) is 2.78. The summed E-state index contributed by atoms with van der Waals surface area (Å²) in [6, 6.07) is 8.26. The van der Waals surface area contributed by atoms with Gasteiger partial charge in [-0.3, -0.25) is 9.78 Å². The lowest BCUT2D eigenvalue weighted by Crippen LogP contribution is -2.48. The first-order valence-electron chi connectivity index (χ1n) is 11.0. The molecule has 0 saturated carbocycles. The van der Waals surface area contributed by atoms with Crippen LogP contribution >= 0.6 is 0 Å². The molecular weight excluding hydrogens is 431 g/mol. The van der Waals surface area contributed by atoms with E-state index in [4.69, 9.17) is 0 Å². The minimum absolute atomic E-state index is 0.00924. The number of piperazine rings is 1. The molecule has 0 radical (unpaired) electrons. The highest BCUT2D eigenvalue weighted by atomic mass is 32.2. The molecular formula is C23H29FN4O3S. The molecule has 172 valence electrons. The van der Waals surface area contributed by atoms with Crippen LogP contribution < -0.4 is 4.90 Å². The maximum Gasteiger partial charge on any atom is 0.221 e. The van der Waals surface area contributed by atoms with Crippen LogP contribution in [0.1, 0.15) is 43.1 Å². The van der Waals surface area contributed by atoms with Crippen molar-refractivity contribution >= 4 is 21.6 Å². The molecule has 4 rings (SSSR count). The largest absolute Gasteiger partial charge is 0.368 e. The molecule has 0 bridgehead atoms. The Balaban J connectivity index is 1.51. The van der Waals surface area contributed by atoms with Crippen molar-refractivity contribution in [1.82, 2.24) is 14.2 Å². The highest BCUT2D eigenvalue weighted by Gasteiger charge is 2.40. The summed E-state index contributed by atoms with van der Waals surface area (Å²) in [5, 5.41) is -0.637. The van der Waals surface area contributed by atoms with Crippen molar-refractivity contribution in [1.29, 1.82) is 0 Å². The summed E-state index contributed by atoms with van der Waals surface area (Å²) >= 11 is 0. The number of rotatable bonds is 4. The topological polar surface area (TPSA) is 73.8 Å². The van der Waals surface area contributed by atoms with Crippen molar-refractivity contribution < 1.29 is 17.6 Å². The fraction of sp³-hybridized carbons (Fsp3) is 0.478. The smallest absolute Gasteiger partial charge is 0.221 e. The number of carbonyl (C=O) groups excluding carboxylic acids is 1. The van der Waals surface area contributed by atoms with E-state index in [1.807, 2.05) is 17.9 Å². The number of amides is 1. The van der Waals surface area contributed by atoms with Gasteiger partial charge in [-0.15, -0.1) is 0 Å². The fourth-order valence-corrected chi connectivity index (χ4v) is 6.76. The van der Waals surface area contributed by atoms with Gasteiger partial charge in [-0.25, -0.2) is 12.8 Å². The molecule has 0 spiro atoms. The van der Waals surface area contributed by atoms with E-state index in [-0.39, 0.29) is 18.5 Å². The summed E-state index contributed by atoms with van der Waals surface area (Å²) in [4.78, 5) is 19.3. The SMILES string of the molecule is CC(=O)N1CCN(c2ccc(CN3C(C)CCC(c4ccncc4)S3(=O)=O)c(F)c2)CC1. The summed E-state index contributed by atoms with van der Waals surface area (Å²) in [5.74, 6) is -0.363. The lowest BCUT2D eigenvalue weighted by molar-refractivity contribution is -0.129. The second kappa shape index (κ2) is 9.15. The molecule has 3 heterocycles. The van der Waals surface area contributed by atoms with Crippen molar-refractivity contribution in [2.75, 3.05) is 31.1 Å². The fourth-order valence-electron chi connectivity index (χ4n) is 4.57. The minimum atomic E-state index is -3.64. The van der Waals surface area contributed by atoms with Crippen molar-refractivity contribution in [2.24, 2.45) is 0 Å². The molecule has 1 aromatic heterocycles. The van der Waals surface area contributed by atoms with Crippen LogP contribution in [-0.4, -0.2) is 60.7 Å². The molecule has 2 aromatic rings. The normalized spacial score (nSPS) is 23.8. The minimum Gasteiger partial charge on any atom is -0.368 e.